The number of rotatable bonds is 5. The highest BCUT2D eigenvalue weighted by molar-refractivity contribution is 7.17. The number of benzene rings is 1. The first kappa shape index (κ1) is 19.0. The smallest absolute Gasteiger partial charge is 0.266 e. The number of hydrogen-bond donors (Lipinski definition) is 1. The second-order valence-electron chi connectivity index (χ2n) is 6.17. The molecule has 0 radical (unpaired) electrons. The predicted octanol–water partition coefficient (Wildman–Crippen LogP) is 2.67. The van der Waals surface area contributed by atoms with Crippen molar-refractivity contribution in [3.8, 4) is 16.9 Å². The van der Waals surface area contributed by atoms with Gasteiger partial charge in [0.25, 0.3) is 11.5 Å². The fourth-order valence-electron chi connectivity index (χ4n) is 2.64. The quantitative estimate of drug-likeness (QED) is 0.529. The van der Waals surface area contributed by atoms with Gasteiger partial charge in [0.2, 0.25) is 0 Å². The Morgan fingerprint density at radius 3 is 2.62 bits per heavy atom. The third kappa shape index (κ3) is 4.25. The topological polar surface area (TPSA) is 94.7 Å². The number of hydrogen-bond acceptors (Lipinski definition) is 6. The zero-order valence-corrected chi connectivity index (χ0v) is 16.8. The van der Waals surface area contributed by atoms with Crippen molar-refractivity contribution in [1.29, 1.82) is 0 Å². The summed E-state index contributed by atoms with van der Waals surface area (Å²) in [4.78, 5) is 24.1. The van der Waals surface area contributed by atoms with Crippen LogP contribution in [0, 0.1) is 0 Å². The van der Waals surface area contributed by atoms with Crippen molar-refractivity contribution in [3.05, 3.63) is 80.0 Å². The van der Waals surface area contributed by atoms with Crippen LogP contribution < -0.4 is 10.9 Å². The van der Waals surface area contributed by atoms with E-state index in [0.717, 1.165) is 11.3 Å². The average molecular weight is 427 g/mol. The monoisotopic (exact) mass is 426 g/mol. The van der Waals surface area contributed by atoms with Gasteiger partial charge in [-0.1, -0.05) is 28.9 Å². The highest BCUT2D eigenvalue weighted by Crippen LogP contribution is 2.21. The molecule has 0 aliphatic rings. The van der Waals surface area contributed by atoms with Gasteiger partial charge in [-0.2, -0.15) is 5.10 Å². The van der Waals surface area contributed by atoms with Gasteiger partial charge in [-0.15, -0.1) is 16.4 Å². The molecule has 0 aliphatic heterocycles. The Bertz CT molecular complexity index is 1230. The second-order valence-corrected chi connectivity index (χ2v) is 7.88. The minimum atomic E-state index is -0.203. The molecule has 0 saturated heterocycles. The van der Waals surface area contributed by atoms with E-state index in [-0.39, 0.29) is 18.0 Å². The van der Waals surface area contributed by atoms with E-state index >= 15 is 0 Å². The molecule has 0 fully saturated rings. The summed E-state index contributed by atoms with van der Waals surface area (Å²) in [6, 6.07) is 14.1. The number of halogens is 1. The van der Waals surface area contributed by atoms with Gasteiger partial charge in [0.05, 0.1) is 33.3 Å². The summed E-state index contributed by atoms with van der Waals surface area (Å²) in [5.41, 5.74) is 2.87. The molecule has 8 nitrogen and oxygen atoms in total. The number of carbonyl (C=O) groups excluding carboxylic acids is 1. The Morgan fingerprint density at radius 1 is 1.14 bits per heavy atom. The van der Waals surface area contributed by atoms with Crippen LogP contribution >= 0.6 is 22.9 Å². The summed E-state index contributed by atoms with van der Waals surface area (Å²) in [5, 5.41) is 15.2. The van der Waals surface area contributed by atoms with Crippen LogP contribution in [0.25, 0.3) is 16.9 Å². The minimum absolute atomic E-state index is 0.158. The Hall–Kier alpha value is -3.30. The summed E-state index contributed by atoms with van der Waals surface area (Å²) >= 11 is 7.07. The Kier molecular flexibility index (Phi) is 5.24. The molecule has 29 heavy (non-hydrogen) atoms. The summed E-state index contributed by atoms with van der Waals surface area (Å²) in [6.07, 6.45) is 1.75. The van der Waals surface area contributed by atoms with Crippen molar-refractivity contribution >= 4 is 28.8 Å². The summed E-state index contributed by atoms with van der Waals surface area (Å²) in [7, 11) is 1.61. The highest BCUT2D eigenvalue weighted by Gasteiger charge is 2.10. The fraction of sp³-hybridized carbons (Fsp3) is 0.105. The first-order valence-electron chi connectivity index (χ1n) is 8.59. The standard InChI is InChI=1S/C19H15ClN6O2S/c1-25-18(27)9-6-15(23-25)12-2-4-14(5-3-12)26-11-13(22-24-26)10-21-19(28)16-7-8-17(20)29-16/h2-9,11H,10H2,1H3,(H,21,28). The van der Waals surface area contributed by atoms with Gasteiger partial charge >= 0.3 is 0 Å². The van der Waals surface area contributed by atoms with Crippen LogP contribution in [-0.2, 0) is 13.6 Å². The van der Waals surface area contributed by atoms with Gasteiger partial charge in [-0.25, -0.2) is 9.36 Å². The van der Waals surface area contributed by atoms with E-state index in [1.165, 1.54) is 22.1 Å². The molecule has 1 N–H and O–H groups in total. The minimum Gasteiger partial charge on any atom is -0.346 e. The van der Waals surface area contributed by atoms with Gasteiger partial charge in [-0.05, 0) is 30.3 Å². The number of nitrogens with zero attached hydrogens (tertiary/aromatic N) is 5. The first-order valence-corrected chi connectivity index (χ1v) is 9.79. The van der Waals surface area contributed by atoms with Crippen LogP contribution in [0.5, 0.6) is 0 Å². The lowest BCUT2D eigenvalue weighted by atomic mass is 10.1. The van der Waals surface area contributed by atoms with Crippen LogP contribution in [0.3, 0.4) is 0 Å². The third-order valence-electron chi connectivity index (χ3n) is 4.16. The average Bonchev–Trinajstić information content (AvgIpc) is 3.38. The Labute approximate surface area is 174 Å². The van der Waals surface area contributed by atoms with Crippen molar-refractivity contribution in [2.75, 3.05) is 0 Å². The molecule has 0 atom stereocenters. The number of thiophene rings is 1. The lowest BCUT2D eigenvalue weighted by molar-refractivity contribution is 0.0954. The van der Waals surface area contributed by atoms with E-state index in [9.17, 15) is 9.59 Å². The van der Waals surface area contributed by atoms with Crippen LogP contribution in [0.4, 0.5) is 0 Å². The molecule has 3 aromatic heterocycles. The zero-order chi connectivity index (χ0) is 20.4. The van der Waals surface area contributed by atoms with Crippen LogP contribution in [-0.4, -0.2) is 30.7 Å². The normalized spacial score (nSPS) is 10.8. The van der Waals surface area contributed by atoms with E-state index in [0.29, 0.717) is 20.6 Å². The molecule has 1 aromatic carbocycles. The molecule has 4 aromatic rings. The largest absolute Gasteiger partial charge is 0.346 e. The summed E-state index contributed by atoms with van der Waals surface area (Å²) in [5.74, 6) is -0.203. The van der Waals surface area contributed by atoms with Crippen LogP contribution in [0.15, 0.2) is 59.5 Å². The van der Waals surface area contributed by atoms with Crippen molar-refractivity contribution in [3.63, 3.8) is 0 Å². The number of amides is 1. The van der Waals surface area contributed by atoms with Crippen LogP contribution in [0.1, 0.15) is 15.4 Å². The maximum Gasteiger partial charge on any atom is 0.266 e. The van der Waals surface area contributed by atoms with Crippen molar-refractivity contribution in [2.24, 2.45) is 7.05 Å². The molecule has 0 aliphatic carbocycles. The molecule has 0 saturated carbocycles. The van der Waals surface area contributed by atoms with Gasteiger partial charge in [0.15, 0.2) is 0 Å². The number of carbonyl (C=O) groups is 1. The fourth-order valence-corrected chi connectivity index (χ4v) is 3.60. The first-order chi connectivity index (χ1) is 14.0. The van der Waals surface area contributed by atoms with E-state index < -0.39 is 0 Å². The number of nitrogens with one attached hydrogen (secondary N) is 1. The summed E-state index contributed by atoms with van der Waals surface area (Å²) < 4.78 is 3.49. The molecule has 10 heteroatoms. The Morgan fingerprint density at radius 2 is 1.93 bits per heavy atom. The number of aromatic nitrogens is 5. The lowest BCUT2D eigenvalue weighted by Gasteiger charge is -2.04. The molecule has 0 spiro atoms. The summed E-state index contributed by atoms with van der Waals surface area (Å²) in [6.45, 7) is 0.258. The van der Waals surface area contributed by atoms with Gasteiger partial charge in [-0.3, -0.25) is 9.59 Å². The van der Waals surface area contributed by atoms with E-state index in [1.807, 2.05) is 24.3 Å². The van der Waals surface area contributed by atoms with Gasteiger partial charge in [0.1, 0.15) is 5.69 Å². The second kappa shape index (κ2) is 7.98. The third-order valence-corrected chi connectivity index (χ3v) is 5.39. The van der Waals surface area contributed by atoms with Crippen LogP contribution in [0.2, 0.25) is 4.34 Å². The van der Waals surface area contributed by atoms with E-state index in [4.69, 9.17) is 11.6 Å². The van der Waals surface area contributed by atoms with Crippen molar-refractivity contribution < 1.29 is 4.79 Å². The Balaban J connectivity index is 1.44. The number of aryl methyl sites for hydroxylation is 1. The van der Waals surface area contributed by atoms with Crippen molar-refractivity contribution in [1.82, 2.24) is 30.1 Å². The predicted molar refractivity (Wildman–Crippen MR) is 110 cm³/mol. The maximum atomic E-state index is 12.1. The van der Waals surface area contributed by atoms with E-state index in [1.54, 1.807) is 36.1 Å². The maximum absolute atomic E-state index is 12.1. The van der Waals surface area contributed by atoms with Gasteiger partial charge in [0, 0.05) is 18.7 Å². The molecule has 4 rings (SSSR count). The molecular weight excluding hydrogens is 412 g/mol. The SMILES string of the molecule is Cn1nc(-c2ccc(-n3cc(CNC(=O)c4ccc(Cl)s4)nn3)cc2)ccc1=O. The highest BCUT2D eigenvalue weighted by atomic mass is 35.5. The lowest BCUT2D eigenvalue weighted by Crippen LogP contribution is -2.21. The molecule has 0 bridgehead atoms. The molecule has 1 amide bonds. The van der Waals surface area contributed by atoms with Gasteiger partial charge < -0.3 is 5.32 Å². The van der Waals surface area contributed by atoms with E-state index in [2.05, 4.69) is 20.7 Å². The molecular formula is C19H15ClN6O2S. The molecule has 0 unspecified atom stereocenters. The molecule has 3 heterocycles. The van der Waals surface area contributed by atoms with Crippen molar-refractivity contribution in [2.45, 2.75) is 6.54 Å². The molecule has 146 valence electrons. The zero-order valence-electron chi connectivity index (χ0n) is 15.2.